The molecule has 1 nitrogen and oxygen atoms in total. The van der Waals surface area contributed by atoms with E-state index in [1.165, 1.54) is 18.7 Å². The zero-order valence-electron chi connectivity index (χ0n) is 4.68. The number of rotatable bonds is 0. The molecule has 0 N–H and O–H groups in total. The first-order valence-electron chi connectivity index (χ1n) is 2.52. The predicted octanol–water partition coefficient (Wildman–Crippen LogP) is 0.938. The molecule has 1 unspecified atom stereocenters. The fourth-order valence-electron chi connectivity index (χ4n) is 0.739. The van der Waals surface area contributed by atoms with Gasteiger partial charge < -0.3 is 0 Å². The predicted molar refractivity (Wildman–Crippen MR) is 36.8 cm³/mol. The lowest BCUT2D eigenvalue weighted by atomic mass is 10.5. The third-order valence-corrected chi connectivity index (χ3v) is 3.12. The summed E-state index contributed by atoms with van der Waals surface area (Å²) in [5, 5.41) is 0. The molecule has 2 heteroatoms. The van der Waals surface area contributed by atoms with Crippen LogP contribution in [0.2, 0.25) is 0 Å². The second-order valence-electron chi connectivity index (χ2n) is 1.87. The Labute approximate surface area is 47.4 Å². The van der Waals surface area contributed by atoms with Crippen LogP contribution in [0.5, 0.6) is 0 Å². The SMILES string of the molecule is C=S1CCCN1C. The topological polar surface area (TPSA) is 3.24 Å². The minimum Gasteiger partial charge on any atom is -0.260 e. The van der Waals surface area contributed by atoms with Crippen LogP contribution in [0.3, 0.4) is 0 Å². The van der Waals surface area contributed by atoms with E-state index in [9.17, 15) is 0 Å². The molecular formula is C5H11NS. The van der Waals surface area contributed by atoms with Crippen molar-refractivity contribution in [1.29, 1.82) is 0 Å². The Hall–Kier alpha value is 0.180. The molecule has 0 amide bonds. The van der Waals surface area contributed by atoms with Gasteiger partial charge in [0.1, 0.15) is 0 Å². The van der Waals surface area contributed by atoms with Gasteiger partial charge in [-0.15, -0.1) is 10.7 Å². The standard InChI is InChI=1S/C5H11NS/c1-6-4-3-5-7(6)2/h2-5H2,1H3. The van der Waals surface area contributed by atoms with Crippen molar-refractivity contribution >= 4 is 16.5 Å². The van der Waals surface area contributed by atoms with Gasteiger partial charge in [-0.2, -0.15) is 0 Å². The maximum atomic E-state index is 3.97. The van der Waals surface area contributed by atoms with Crippen molar-refractivity contribution in [2.24, 2.45) is 0 Å². The molecule has 7 heavy (non-hydrogen) atoms. The first-order valence-corrected chi connectivity index (χ1v) is 4.04. The van der Waals surface area contributed by atoms with E-state index in [-0.39, 0.29) is 0 Å². The Kier molecular flexibility index (Phi) is 1.50. The Bertz CT molecular complexity index is 90.1. The fraction of sp³-hybridized carbons (Fsp3) is 0.800. The maximum Gasteiger partial charge on any atom is 0.00895 e. The monoisotopic (exact) mass is 117 g/mol. The van der Waals surface area contributed by atoms with Crippen LogP contribution >= 0.6 is 10.7 Å². The second kappa shape index (κ2) is 1.97. The van der Waals surface area contributed by atoms with Crippen molar-refractivity contribution in [2.75, 3.05) is 19.3 Å². The summed E-state index contributed by atoms with van der Waals surface area (Å²) in [6.07, 6.45) is 1.35. The van der Waals surface area contributed by atoms with Crippen LogP contribution in [0.1, 0.15) is 6.42 Å². The maximum absolute atomic E-state index is 3.97. The summed E-state index contributed by atoms with van der Waals surface area (Å²) in [6.45, 7) is 1.26. The minimum absolute atomic E-state index is 0.366. The number of hydrogen-bond acceptors (Lipinski definition) is 1. The molecule has 0 bridgehead atoms. The van der Waals surface area contributed by atoms with Crippen LogP contribution in [-0.2, 0) is 0 Å². The average molecular weight is 117 g/mol. The van der Waals surface area contributed by atoms with E-state index < -0.39 is 0 Å². The average Bonchev–Trinajstić information content (AvgIpc) is 1.91. The van der Waals surface area contributed by atoms with Gasteiger partial charge in [0.15, 0.2) is 0 Å². The molecular weight excluding hydrogens is 106 g/mol. The van der Waals surface area contributed by atoms with Crippen LogP contribution in [0.15, 0.2) is 0 Å². The van der Waals surface area contributed by atoms with Gasteiger partial charge in [-0.25, -0.2) is 0 Å². The Morgan fingerprint density at radius 2 is 2.43 bits per heavy atom. The van der Waals surface area contributed by atoms with Gasteiger partial charge in [-0.05, 0) is 13.5 Å². The summed E-state index contributed by atoms with van der Waals surface area (Å²) < 4.78 is 2.32. The lowest BCUT2D eigenvalue weighted by Gasteiger charge is -2.06. The quantitative estimate of drug-likeness (QED) is 0.427. The third kappa shape index (κ3) is 1.04. The van der Waals surface area contributed by atoms with Crippen molar-refractivity contribution in [1.82, 2.24) is 4.31 Å². The van der Waals surface area contributed by atoms with E-state index in [2.05, 4.69) is 17.2 Å². The molecule has 0 aromatic heterocycles. The van der Waals surface area contributed by atoms with E-state index in [1.807, 2.05) is 0 Å². The molecule has 0 saturated carbocycles. The molecule has 42 valence electrons. The Balaban J connectivity index is 2.48. The molecule has 1 aliphatic rings. The van der Waals surface area contributed by atoms with Crippen molar-refractivity contribution in [3.05, 3.63) is 0 Å². The molecule has 0 aromatic carbocycles. The zero-order chi connectivity index (χ0) is 5.28. The summed E-state index contributed by atoms with van der Waals surface area (Å²) in [5.74, 6) is 5.29. The second-order valence-corrected chi connectivity index (χ2v) is 3.83. The van der Waals surface area contributed by atoms with Crippen LogP contribution in [0.25, 0.3) is 0 Å². The van der Waals surface area contributed by atoms with Gasteiger partial charge in [0, 0.05) is 12.3 Å². The molecule has 0 aliphatic carbocycles. The van der Waals surface area contributed by atoms with E-state index in [4.69, 9.17) is 0 Å². The van der Waals surface area contributed by atoms with E-state index in [0.29, 0.717) is 10.7 Å². The first kappa shape index (κ1) is 5.32. The minimum atomic E-state index is 0.366. The van der Waals surface area contributed by atoms with Crippen LogP contribution in [0.4, 0.5) is 0 Å². The normalized spacial score (nSPS) is 34.1. The number of hydrogen-bond donors (Lipinski definition) is 0. The molecule has 1 aliphatic heterocycles. The third-order valence-electron chi connectivity index (χ3n) is 1.29. The first-order chi connectivity index (χ1) is 3.30. The zero-order valence-corrected chi connectivity index (χ0v) is 5.50. The summed E-state index contributed by atoms with van der Waals surface area (Å²) >= 11 is 0. The molecule has 1 fully saturated rings. The molecule has 1 saturated heterocycles. The van der Waals surface area contributed by atoms with Gasteiger partial charge in [0.2, 0.25) is 0 Å². The Morgan fingerprint density at radius 3 is 2.57 bits per heavy atom. The van der Waals surface area contributed by atoms with Crippen molar-refractivity contribution < 1.29 is 0 Å². The highest BCUT2D eigenvalue weighted by atomic mass is 32.2. The van der Waals surface area contributed by atoms with E-state index in [1.54, 1.807) is 0 Å². The van der Waals surface area contributed by atoms with Gasteiger partial charge in [0.25, 0.3) is 0 Å². The van der Waals surface area contributed by atoms with Crippen LogP contribution < -0.4 is 0 Å². The summed E-state index contributed by atoms with van der Waals surface area (Å²) in [5.41, 5.74) is 0. The van der Waals surface area contributed by atoms with E-state index in [0.717, 1.165) is 0 Å². The fourth-order valence-corrected chi connectivity index (χ4v) is 1.90. The molecule has 0 spiro atoms. The smallest absolute Gasteiger partial charge is 0.00895 e. The lowest BCUT2D eigenvalue weighted by Crippen LogP contribution is -2.03. The molecule has 0 aromatic rings. The van der Waals surface area contributed by atoms with Gasteiger partial charge in [0.05, 0.1) is 0 Å². The Morgan fingerprint density at radius 1 is 1.71 bits per heavy atom. The van der Waals surface area contributed by atoms with Gasteiger partial charge in [-0.3, -0.25) is 4.31 Å². The van der Waals surface area contributed by atoms with E-state index >= 15 is 0 Å². The number of nitrogens with zero attached hydrogens (tertiary/aromatic N) is 1. The van der Waals surface area contributed by atoms with Crippen LogP contribution in [0, 0.1) is 0 Å². The highest BCUT2D eigenvalue weighted by Gasteiger charge is 2.07. The summed E-state index contributed by atoms with van der Waals surface area (Å²) in [7, 11) is 2.51. The van der Waals surface area contributed by atoms with Gasteiger partial charge >= 0.3 is 0 Å². The van der Waals surface area contributed by atoms with Crippen LogP contribution in [-0.4, -0.2) is 29.5 Å². The van der Waals surface area contributed by atoms with Crippen molar-refractivity contribution in [3.63, 3.8) is 0 Å². The molecule has 0 radical (unpaired) electrons. The van der Waals surface area contributed by atoms with Gasteiger partial charge in [-0.1, -0.05) is 5.87 Å². The molecule has 1 atom stereocenters. The highest BCUT2D eigenvalue weighted by molar-refractivity contribution is 8.12. The lowest BCUT2D eigenvalue weighted by molar-refractivity contribution is 0.596. The summed E-state index contributed by atoms with van der Waals surface area (Å²) in [6, 6.07) is 0. The molecule has 1 rings (SSSR count). The largest absolute Gasteiger partial charge is 0.260 e. The van der Waals surface area contributed by atoms with Crippen molar-refractivity contribution in [2.45, 2.75) is 6.42 Å². The van der Waals surface area contributed by atoms with Crippen molar-refractivity contribution in [3.8, 4) is 0 Å². The summed E-state index contributed by atoms with van der Waals surface area (Å²) in [4.78, 5) is 0. The highest BCUT2D eigenvalue weighted by Crippen LogP contribution is 2.22. The molecule has 1 heterocycles.